The van der Waals surface area contributed by atoms with Gasteiger partial charge in [-0.15, -0.1) is 0 Å². The van der Waals surface area contributed by atoms with Crippen molar-refractivity contribution in [1.82, 2.24) is 0 Å². The van der Waals surface area contributed by atoms with E-state index in [-0.39, 0.29) is 5.82 Å². The minimum absolute atomic E-state index is 0.131. The molecular weight excluding hydrogens is 227 g/mol. The molecule has 0 heterocycles. The highest BCUT2D eigenvalue weighted by atomic mass is 19.1. The SMILES string of the molecule is CC(C)CCN(c1ccc(CN)cc1F)C1CC1. The normalized spacial score (nSPS) is 15.2. The van der Waals surface area contributed by atoms with E-state index < -0.39 is 0 Å². The van der Waals surface area contributed by atoms with Crippen molar-refractivity contribution in [3.63, 3.8) is 0 Å². The number of hydrogen-bond donors (Lipinski definition) is 1. The highest BCUT2D eigenvalue weighted by molar-refractivity contribution is 5.51. The van der Waals surface area contributed by atoms with E-state index in [1.165, 1.54) is 12.8 Å². The summed E-state index contributed by atoms with van der Waals surface area (Å²) in [5.74, 6) is 0.520. The van der Waals surface area contributed by atoms with Crippen LogP contribution in [0.1, 0.15) is 38.7 Å². The van der Waals surface area contributed by atoms with E-state index in [2.05, 4.69) is 18.7 Å². The van der Waals surface area contributed by atoms with Gasteiger partial charge in [-0.25, -0.2) is 4.39 Å². The molecule has 1 aromatic carbocycles. The Labute approximate surface area is 109 Å². The molecule has 0 aromatic heterocycles. The predicted octanol–water partition coefficient (Wildman–Crippen LogP) is 3.30. The van der Waals surface area contributed by atoms with Gasteiger partial charge >= 0.3 is 0 Å². The van der Waals surface area contributed by atoms with Gasteiger partial charge in [-0.2, -0.15) is 0 Å². The largest absolute Gasteiger partial charge is 0.366 e. The Hall–Kier alpha value is -1.09. The number of nitrogens with two attached hydrogens (primary N) is 1. The maximum absolute atomic E-state index is 14.1. The summed E-state index contributed by atoms with van der Waals surface area (Å²) in [4.78, 5) is 2.23. The Morgan fingerprint density at radius 2 is 2.11 bits per heavy atom. The zero-order chi connectivity index (χ0) is 13.1. The van der Waals surface area contributed by atoms with E-state index in [0.717, 1.165) is 24.2 Å². The van der Waals surface area contributed by atoms with Crippen LogP contribution in [-0.4, -0.2) is 12.6 Å². The molecule has 1 aliphatic carbocycles. The second kappa shape index (κ2) is 5.70. The van der Waals surface area contributed by atoms with E-state index in [0.29, 0.717) is 18.5 Å². The number of rotatable bonds is 6. The highest BCUT2D eigenvalue weighted by Gasteiger charge is 2.30. The molecule has 1 fully saturated rings. The smallest absolute Gasteiger partial charge is 0.146 e. The van der Waals surface area contributed by atoms with Crippen molar-refractivity contribution in [2.75, 3.05) is 11.4 Å². The van der Waals surface area contributed by atoms with Crippen molar-refractivity contribution in [2.24, 2.45) is 11.7 Å². The fourth-order valence-corrected chi connectivity index (χ4v) is 2.19. The molecule has 100 valence electrons. The Kier molecular flexibility index (Phi) is 4.23. The topological polar surface area (TPSA) is 29.3 Å². The molecule has 2 N–H and O–H groups in total. The summed E-state index contributed by atoms with van der Waals surface area (Å²) < 4.78 is 14.1. The first-order valence-corrected chi connectivity index (χ1v) is 6.87. The van der Waals surface area contributed by atoms with Crippen LogP contribution in [0.3, 0.4) is 0 Å². The van der Waals surface area contributed by atoms with Crippen molar-refractivity contribution in [1.29, 1.82) is 0 Å². The summed E-state index contributed by atoms with van der Waals surface area (Å²) in [7, 11) is 0. The lowest BCUT2D eigenvalue weighted by Crippen LogP contribution is -2.28. The molecule has 3 heteroatoms. The first-order chi connectivity index (χ1) is 8.61. The molecule has 1 saturated carbocycles. The average Bonchev–Trinajstić information content (AvgIpc) is 3.15. The van der Waals surface area contributed by atoms with Gasteiger partial charge in [0.25, 0.3) is 0 Å². The zero-order valence-corrected chi connectivity index (χ0v) is 11.3. The minimum atomic E-state index is -0.131. The molecular formula is C15H23FN2. The summed E-state index contributed by atoms with van der Waals surface area (Å²) in [6.45, 7) is 5.76. The minimum Gasteiger partial charge on any atom is -0.366 e. The van der Waals surface area contributed by atoms with Gasteiger partial charge in [0.1, 0.15) is 5.82 Å². The third kappa shape index (κ3) is 3.22. The first kappa shape index (κ1) is 13.3. The van der Waals surface area contributed by atoms with E-state index in [1.807, 2.05) is 12.1 Å². The van der Waals surface area contributed by atoms with Gasteiger partial charge in [0.05, 0.1) is 5.69 Å². The van der Waals surface area contributed by atoms with Gasteiger partial charge in [0, 0.05) is 19.1 Å². The summed E-state index contributed by atoms with van der Waals surface area (Å²) >= 11 is 0. The van der Waals surface area contributed by atoms with Crippen LogP contribution >= 0.6 is 0 Å². The highest BCUT2D eigenvalue weighted by Crippen LogP contribution is 2.33. The first-order valence-electron chi connectivity index (χ1n) is 6.87. The lowest BCUT2D eigenvalue weighted by Gasteiger charge is -2.26. The lowest BCUT2D eigenvalue weighted by atomic mass is 10.1. The summed E-state index contributed by atoms with van der Waals surface area (Å²) in [6.07, 6.45) is 3.49. The summed E-state index contributed by atoms with van der Waals surface area (Å²) in [6, 6.07) is 5.93. The van der Waals surface area contributed by atoms with Crippen molar-refractivity contribution in [2.45, 2.75) is 45.7 Å². The molecule has 1 aromatic rings. The number of nitrogens with zero attached hydrogens (tertiary/aromatic N) is 1. The molecule has 0 bridgehead atoms. The third-order valence-corrected chi connectivity index (χ3v) is 3.49. The molecule has 2 nitrogen and oxygen atoms in total. The second-order valence-corrected chi connectivity index (χ2v) is 5.60. The Morgan fingerprint density at radius 3 is 2.61 bits per heavy atom. The Balaban J connectivity index is 2.14. The fourth-order valence-electron chi connectivity index (χ4n) is 2.19. The second-order valence-electron chi connectivity index (χ2n) is 5.60. The van der Waals surface area contributed by atoms with Crippen LogP contribution in [-0.2, 0) is 6.54 Å². The van der Waals surface area contributed by atoms with Gasteiger partial charge < -0.3 is 10.6 Å². The van der Waals surface area contributed by atoms with Gasteiger partial charge in [-0.3, -0.25) is 0 Å². The standard InChI is InChI=1S/C15H23FN2/c1-11(2)7-8-18(13-4-5-13)15-6-3-12(10-17)9-14(15)16/h3,6,9,11,13H,4-5,7-8,10,17H2,1-2H3. The number of hydrogen-bond acceptors (Lipinski definition) is 2. The van der Waals surface area contributed by atoms with Crippen LogP contribution in [0.2, 0.25) is 0 Å². The third-order valence-electron chi connectivity index (χ3n) is 3.49. The van der Waals surface area contributed by atoms with Gasteiger partial charge in [0.15, 0.2) is 0 Å². The van der Waals surface area contributed by atoms with Gasteiger partial charge in [0.2, 0.25) is 0 Å². The number of halogens is 1. The van der Waals surface area contributed by atoms with E-state index in [9.17, 15) is 4.39 Å². The van der Waals surface area contributed by atoms with Gasteiger partial charge in [-0.1, -0.05) is 19.9 Å². The summed E-state index contributed by atoms with van der Waals surface area (Å²) in [5, 5.41) is 0. The van der Waals surface area contributed by atoms with Crippen molar-refractivity contribution in [3.05, 3.63) is 29.6 Å². The molecule has 0 radical (unpaired) electrons. The molecule has 0 aliphatic heterocycles. The Morgan fingerprint density at radius 1 is 1.39 bits per heavy atom. The fraction of sp³-hybridized carbons (Fsp3) is 0.600. The molecule has 0 saturated heterocycles. The van der Waals surface area contributed by atoms with Gasteiger partial charge in [-0.05, 0) is 42.9 Å². The maximum atomic E-state index is 14.1. The van der Waals surface area contributed by atoms with E-state index in [4.69, 9.17) is 5.73 Å². The quantitative estimate of drug-likeness (QED) is 0.839. The van der Waals surface area contributed by atoms with Crippen LogP contribution in [0.5, 0.6) is 0 Å². The molecule has 0 amide bonds. The summed E-state index contributed by atoms with van der Waals surface area (Å²) in [5.41, 5.74) is 7.14. The van der Waals surface area contributed by atoms with E-state index >= 15 is 0 Å². The number of anilines is 1. The van der Waals surface area contributed by atoms with Crippen LogP contribution in [0.4, 0.5) is 10.1 Å². The monoisotopic (exact) mass is 250 g/mol. The van der Waals surface area contributed by atoms with E-state index in [1.54, 1.807) is 6.07 Å². The van der Waals surface area contributed by atoms with Crippen molar-refractivity contribution in [3.8, 4) is 0 Å². The molecule has 0 spiro atoms. The molecule has 2 rings (SSSR count). The average molecular weight is 250 g/mol. The van der Waals surface area contributed by atoms with Crippen LogP contribution in [0, 0.1) is 11.7 Å². The molecule has 0 unspecified atom stereocenters. The lowest BCUT2D eigenvalue weighted by molar-refractivity contribution is 0.558. The molecule has 0 atom stereocenters. The van der Waals surface area contributed by atoms with Crippen molar-refractivity contribution >= 4 is 5.69 Å². The van der Waals surface area contributed by atoms with Crippen LogP contribution in [0.25, 0.3) is 0 Å². The zero-order valence-electron chi connectivity index (χ0n) is 11.3. The number of benzene rings is 1. The molecule has 18 heavy (non-hydrogen) atoms. The molecule has 1 aliphatic rings. The Bertz CT molecular complexity index is 399. The van der Waals surface area contributed by atoms with Crippen LogP contribution in [0.15, 0.2) is 18.2 Å². The predicted molar refractivity (Wildman–Crippen MR) is 74.1 cm³/mol. The van der Waals surface area contributed by atoms with Crippen LogP contribution < -0.4 is 10.6 Å². The van der Waals surface area contributed by atoms with Crippen molar-refractivity contribution < 1.29 is 4.39 Å². The maximum Gasteiger partial charge on any atom is 0.146 e.